The van der Waals surface area contributed by atoms with E-state index in [1.807, 2.05) is 0 Å². The fourth-order valence-electron chi connectivity index (χ4n) is 2.36. The molecular formula is C14H11BrFNO2S. The Balaban J connectivity index is 1.95. The van der Waals surface area contributed by atoms with Crippen molar-refractivity contribution >= 4 is 31.5 Å². The first-order chi connectivity index (χ1) is 9.47. The molecule has 3 rings (SSSR count). The van der Waals surface area contributed by atoms with E-state index in [2.05, 4.69) is 21.2 Å². The first kappa shape index (κ1) is 13.6. The van der Waals surface area contributed by atoms with Crippen LogP contribution < -0.4 is 5.32 Å². The predicted octanol–water partition coefficient (Wildman–Crippen LogP) is 3.53. The van der Waals surface area contributed by atoms with Crippen molar-refractivity contribution in [3.05, 3.63) is 58.3 Å². The number of fused-ring (bicyclic) bond motifs is 1. The van der Waals surface area contributed by atoms with Gasteiger partial charge in [-0.15, -0.1) is 0 Å². The molecule has 1 heterocycles. The molecule has 6 heteroatoms. The fourth-order valence-corrected chi connectivity index (χ4v) is 4.34. The molecule has 20 heavy (non-hydrogen) atoms. The van der Waals surface area contributed by atoms with Gasteiger partial charge in [0, 0.05) is 5.69 Å². The van der Waals surface area contributed by atoms with Gasteiger partial charge in [0.05, 0.1) is 21.2 Å². The van der Waals surface area contributed by atoms with E-state index < -0.39 is 9.84 Å². The second-order valence-corrected chi connectivity index (χ2v) is 7.50. The van der Waals surface area contributed by atoms with Crippen molar-refractivity contribution in [2.45, 2.75) is 10.9 Å². The third kappa shape index (κ3) is 2.33. The van der Waals surface area contributed by atoms with E-state index in [0.29, 0.717) is 15.1 Å². The number of anilines is 1. The van der Waals surface area contributed by atoms with Gasteiger partial charge in [0.15, 0.2) is 9.84 Å². The zero-order valence-corrected chi connectivity index (χ0v) is 12.7. The lowest BCUT2D eigenvalue weighted by atomic mass is 10.1. The van der Waals surface area contributed by atoms with Gasteiger partial charge in [0.2, 0.25) is 0 Å². The lowest BCUT2D eigenvalue weighted by Gasteiger charge is -2.14. The molecule has 1 atom stereocenters. The zero-order chi connectivity index (χ0) is 14.3. The highest BCUT2D eigenvalue weighted by Gasteiger charge is 2.34. The van der Waals surface area contributed by atoms with Gasteiger partial charge in [-0.3, -0.25) is 0 Å². The minimum Gasteiger partial charge on any atom is -0.377 e. The summed E-state index contributed by atoms with van der Waals surface area (Å²) in [6.45, 7) is 0. The Labute approximate surface area is 124 Å². The molecule has 0 aromatic heterocycles. The number of sulfone groups is 1. The minimum atomic E-state index is -3.26. The number of benzene rings is 2. The van der Waals surface area contributed by atoms with E-state index in [9.17, 15) is 12.8 Å². The van der Waals surface area contributed by atoms with E-state index >= 15 is 0 Å². The second kappa shape index (κ2) is 4.86. The topological polar surface area (TPSA) is 46.2 Å². The quantitative estimate of drug-likeness (QED) is 0.896. The molecule has 0 aliphatic carbocycles. The van der Waals surface area contributed by atoms with Gasteiger partial charge in [0.1, 0.15) is 5.82 Å². The summed E-state index contributed by atoms with van der Waals surface area (Å²) in [4.78, 5) is 0.357. The molecule has 0 saturated heterocycles. The Morgan fingerprint density at radius 1 is 1.20 bits per heavy atom. The number of hydrogen-bond acceptors (Lipinski definition) is 3. The third-order valence-corrected chi connectivity index (χ3v) is 5.73. The summed E-state index contributed by atoms with van der Waals surface area (Å²) in [6, 6.07) is 11.2. The molecule has 0 saturated carbocycles. The number of rotatable bonds is 2. The lowest BCUT2D eigenvalue weighted by Crippen LogP contribution is -2.13. The molecule has 0 radical (unpaired) electrons. The summed E-state index contributed by atoms with van der Waals surface area (Å²) >= 11 is 3.09. The Bertz CT molecular complexity index is 776. The van der Waals surface area contributed by atoms with E-state index in [1.165, 1.54) is 6.07 Å². The molecule has 0 amide bonds. The van der Waals surface area contributed by atoms with Crippen LogP contribution in [-0.4, -0.2) is 14.2 Å². The maximum Gasteiger partial charge on any atom is 0.181 e. The molecule has 3 nitrogen and oxygen atoms in total. The molecular weight excluding hydrogens is 345 g/mol. The van der Waals surface area contributed by atoms with Crippen molar-refractivity contribution in [2.24, 2.45) is 0 Å². The molecule has 1 aliphatic rings. The van der Waals surface area contributed by atoms with E-state index in [4.69, 9.17) is 0 Å². The van der Waals surface area contributed by atoms with Gasteiger partial charge in [-0.1, -0.05) is 18.2 Å². The smallest absolute Gasteiger partial charge is 0.181 e. The average Bonchev–Trinajstić information content (AvgIpc) is 2.66. The van der Waals surface area contributed by atoms with Crippen LogP contribution in [0.15, 0.2) is 51.8 Å². The van der Waals surface area contributed by atoms with Gasteiger partial charge < -0.3 is 5.32 Å². The first-order valence-corrected chi connectivity index (χ1v) is 8.45. The van der Waals surface area contributed by atoms with Gasteiger partial charge >= 0.3 is 0 Å². The van der Waals surface area contributed by atoms with E-state index in [-0.39, 0.29) is 17.6 Å². The van der Waals surface area contributed by atoms with E-state index in [1.54, 1.807) is 36.4 Å². The third-order valence-electron chi connectivity index (χ3n) is 3.28. The molecule has 0 fully saturated rings. The van der Waals surface area contributed by atoms with Crippen molar-refractivity contribution in [1.29, 1.82) is 0 Å². The summed E-state index contributed by atoms with van der Waals surface area (Å²) < 4.78 is 38.0. The Hall–Kier alpha value is -1.40. The molecule has 0 spiro atoms. The fraction of sp³-hybridized carbons (Fsp3) is 0.143. The number of nitrogens with one attached hydrogen (secondary N) is 1. The van der Waals surface area contributed by atoms with Crippen LogP contribution in [0.1, 0.15) is 11.6 Å². The standard InChI is InChI=1S/C14H11BrFNO2S/c15-11-6-5-9(7-12(11)16)17-13-8-20(18,19)14-4-2-1-3-10(13)14/h1-7,13,17H,8H2. The largest absolute Gasteiger partial charge is 0.377 e. The average molecular weight is 356 g/mol. The van der Waals surface area contributed by atoms with Gasteiger partial charge in [-0.05, 0) is 45.8 Å². The summed E-state index contributed by atoms with van der Waals surface area (Å²) in [7, 11) is -3.26. The van der Waals surface area contributed by atoms with Crippen LogP contribution in [0, 0.1) is 5.82 Å². The van der Waals surface area contributed by atoms with Crippen molar-refractivity contribution < 1.29 is 12.8 Å². The molecule has 0 bridgehead atoms. The van der Waals surface area contributed by atoms with Gasteiger partial charge in [-0.25, -0.2) is 12.8 Å². The van der Waals surface area contributed by atoms with Gasteiger partial charge in [0.25, 0.3) is 0 Å². The van der Waals surface area contributed by atoms with Crippen LogP contribution >= 0.6 is 15.9 Å². The number of halogens is 2. The van der Waals surface area contributed by atoms with Crippen LogP contribution in [0.2, 0.25) is 0 Å². The molecule has 1 unspecified atom stereocenters. The highest BCUT2D eigenvalue weighted by Crippen LogP contribution is 2.35. The minimum absolute atomic E-state index is 0.00989. The Morgan fingerprint density at radius 2 is 1.95 bits per heavy atom. The maximum absolute atomic E-state index is 13.5. The summed E-state index contributed by atoms with van der Waals surface area (Å²) in [5, 5.41) is 3.08. The van der Waals surface area contributed by atoms with Crippen LogP contribution in [0.25, 0.3) is 0 Å². The molecule has 1 N–H and O–H groups in total. The maximum atomic E-state index is 13.5. The normalized spacial score (nSPS) is 19.6. The van der Waals surface area contributed by atoms with Crippen molar-refractivity contribution in [3.63, 3.8) is 0 Å². The van der Waals surface area contributed by atoms with Crippen molar-refractivity contribution in [3.8, 4) is 0 Å². The van der Waals surface area contributed by atoms with Crippen molar-refractivity contribution in [1.82, 2.24) is 0 Å². The second-order valence-electron chi connectivity index (χ2n) is 4.65. The highest BCUT2D eigenvalue weighted by atomic mass is 79.9. The number of hydrogen-bond donors (Lipinski definition) is 1. The molecule has 2 aromatic rings. The van der Waals surface area contributed by atoms with Gasteiger partial charge in [-0.2, -0.15) is 0 Å². The first-order valence-electron chi connectivity index (χ1n) is 6.01. The van der Waals surface area contributed by atoms with E-state index in [0.717, 1.165) is 5.56 Å². The van der Waals surface area contributed by atoms with Crippen LogP contribution in [0.5, 0.6) is 0 Å². The molecule has 2 aromatic carbocycles. The predicted molar refractivity (Wildman–Crippen MR) is 79.0 cm³/mol. The van der Waals surface area contributed by atoms with Crippen molar-refractivity contribution in [2.75, 3.05) is 11.1 Å². The molecule has 1 aliphatic heterocycles. The van der Waals surface area contributed by atoms with Crippen LogP contribution in [-0.2, 0) is 9.84 Å². The SMILES string of the molecule is O=S1(=O)CC(Nc2ccc(Br)c(F)c2)c2ccccc21. The molecule has 104 valence electrons. The summed E-state index contributed by atoms with van der Waals surface area (Å²) in [5.74, 6) is -0.395. The lowest BCUT2D eigenvalue weighted by molar-refractivity contribution is 0.598. The monoisotopic (exact) mass is 355 g/mol. The Kier molecular flexibility index (Phi) is 3.30. The van der Waals surface area contributed by atoms with Crippen LogP contribution in [0.4, 0.5) is 10.1 Å². The summed E-state index contributed by atoms with van der Waals surface area (Å²) in [6.07, 6.45) is 0. The summed E-state index contributed by atoms with van der Waals surface area (Å²) in [5.41, 5.74) is 1.29. The Morgan fingerprint density at radius 3 is 2.70 bits per heavy atom. The highest BCUT2D eigenvalue weighted by molar-refractivity contribution is 9.10. The zero-order valence-electron chi connectivity index (χ0n) is 10.3. The van der Waals surface area contributed by atoms with Crippen LogP contribution in [0.3, 0.4) is 0 Å².